The van der Waals surface area contributed by atoms with Crippen molar-refractivity contribution in [3.8, 4) is 17.2 Å². The van der Waals surface area contributed by atoms with Gasteiger partial charge in [0.1, 0.15) is 17.2 Å². The van der Waals surface area contributed by atoms with E-state index in [-0.39, 0.29) is 5.41 Å². The van der Waals surface area contributed by atoms with Crippen LogP contribution in [0.25, 0.3) is 5.69 Å². The van der Waals surface area contributed by atoms with Crippen LogP contribution in [-0.4, -0.2) is 36.3 Å². The molecule has 0 amide bonds. The third-order valence-electron chi connectivity index (χ3n) is 4.92. The van der Waals surface area contributed by atoms with Crippen molar-refractivity contribution >= 4 is 11.5 Å². The summed E-state index contributed by atoms with van der Waals surface area (Å²) in [6.45, 7) is 8.63. The van der Waals surface area contributed by atoms with Crippen LogP contribution >= 0.6 is 0 Å². The number of anilines is 2. The van der Waals surface area contributed by atoms with Crippen molar-refractivity contribution in [2.75, 3.05) is 26.2 Å². The molecule has 6 nitrogen and oxygen atoms in total. The van der Waals surface area contributed by atoms with E-state index in [0.717, 1.165) is 28.6 Å². The lowest BCUT2D eigenvalue weighted by Crippen LogP contribution is -2.14. The quantitative estimate of drug-likeness (QED) is 0.644. The van der Waals surface area contributed by atoms with Crippen molar-refractivity contribution in [2.45, 2.75) is 33.1 Å². The topological polar surface area (TPSA) is 52.4 Å². The SMILES string of the molecule is COc1ccc(OC)c(-n2nnc(N(C)c3ccc(C(C)(C)C)cc3)c2C)c1. The van der Waals surface area contributed by atoms with E-state index in [0.29, 0.717) is 5.75 Å². The molecule has 3 rings (SSSR count). The van der Waals surface area contributed by atoms with Crippen molar-refractivity contribution < 1.29 is 9.47 Å². The first kappa shape index (κ1) is 19.7. The molecule has 0 N–H and O–H groups in total. The molecule has 1 aromatic heterocycles. The molecule has 0 saturated heterocycles. The number of ether oxygens (including phenoxy) is 2. The van der Waals surface area contributed by atoms with Crippen molar-refractivity contribution in [2.24, 2.45) is 0 Å². The first-order valence-electron chi connectivity index (χ1n) is 9.25. The van der Waals surface area contributed by atoms with Crippen LogP contribution in [0.3, 0.4) is 0 Å². The fourth-order valence-electron chi connectivity index (χ4n) is 3.13. The number of methoxy groups -OCH3 is 2. The van der Waals surface area contributed by atoms with Crippen LogP contribution in [0.4, 0.5) is 11.5 Å². The number of benzene rings is 2. The minimum absolute atomic E-state index is 0.124. The summed E-state index contributed by atoms with van der Waals surface area (Å²) < 4.78 is 12.6. The van der Waals surface area contributed by atoms with Gasteiger partial charge in [-0.3, -0.25) is 0 Å². The minimum Gasteiger partial charge on any atom is -0.497 e. The third kappa shape index (κ3) is 3.67. The number of rotatable bonds is 5. The molecule has 0 bridgehead atoms. The summed E-state index contributed by atoms with van der Waals surface area (Å²) in [6.07, 6.45) is 0. The monoisotopic (exact) mass is 380 g/mol. The number of hydrogen-bond acceptors (Lipinski definition) is 5. The van der Waals surface area contributed by atoms with Gasteiger partial charge in [-0.05, 0) is 42.2 Å². The van der Waals surface area contributed by atoms with E-state index in [9.17, 15) is 0 Å². The summed E-state index contributed by atoms with van der Waals surface area (Å²) in [7, 11) is 5.28. The summed E-state index contributed by atoms with van der Waals surface area (Å²) in [5.74, 6) is 2.23. The molecule has 0 unspecified atom stereocenters. The average Bonchev–Trinajstić information content (AvgIpc) is 3.07. The number of hydrogen-bond donors (Lipinski definition) is 0. The highest BCUT2D eigenvalue weighted by Gasteiger charge is 2.19. The van der Waals surface area contributed by atoms with Gasteiger partial charge in [0.15, 0.2) is 5.82 Å². The van der Waals surface area contributed by atoms with Crippen LogP contribution < -0.4 is 14.4 Å². The van der Waals surface area contributed by atoms with Gasteiger partial charge in [-0.1, -0.05) is 38.1 Å². The van der Waals surface area contributed by atoms with Crippen molar-refractivity contribution in [1.82, 2.24) is 15.0 Å². The summed E-state index contributed by atoms with van der Waals surface area (Å²) in [5, 5.41) is 8.78. The maximum absolute atomic E-state index is 5.50. The van der Waals surface area contributed by atoms with Crippen LogP contribution in [-0.2, 0) is 5.41 Å². The van der Waals surface area contributed by atoms with Crippen LogP contribution in [0.15, 0.2) is 42.5 Å². The highest BCUT2D eigenvalue weighted by Crippen LogP contribution is 2.32. The third-order valence-corrected chi connectivity index (χ3v) is 4.92. The van der Waals surface area contributed by atoms with E-state index in [1.165, 1.54) is 5.56 Å². The molecule has 0 fully saturated rings. The zero-order chi connectivity index (χ0) is 20.5. The molecule has 2 aromatic carbocycles. The molecule has 6 heteroatoms. The Labute approximate surface area is 166 Å². The van der Waals surface area contributed by atoms with E-state index in [1.54, 1.807) is 18.9 Å². The van der Waals surface area contributed by atoms with Crippen molar-refractivity contribution in [3.05, 3.63) is 53.7 Å². The lowest BCUT2D eigenvalue weighted by molar-refractivity contribution is 0.400. The largest absolute Gasteiger partial charge is 0.497 e. The maximum atomic E-state index is 5.50. The molecule has 3 aromatic rings. The van der Waals surface area contributed by atoms with Crippen molar-refractivity contribution in [1.29, 1.82) is 0 Å². The Morgan fingerprint density at radius 3 is 2.21 bits per heavy atom. The summed E-state index contributed by atoms with van der Waals surface area (Å²) in [6, 6.07) is 14.2. The molecular weight excluding hydrogens is 352 g/mol. The smallest absolute Gasteiger partial charge is 0.178 e. The Morgan fingerprint density at radius 1 is 0.964 bits per heavy atom. The van der Waals surface area contributed by atoms with Gasteiger partial charge in [-0.2, -0.15) is 0 Å². The highest BCUT2D eigenvalue weighted by atomic mass is 16.5. The second-order valence-electron chi connectivity index (χ2n) is 7.80. The first-order valence-corrected chi connectivity index (χ1v) is 9.25. The molecule has 0 aliphatic heterocycles. The van der Waals surface area contributed by atoms with Crippen LogP contribution in [0, 0.1) is 6.92 Å². The molecule has 0 aliphatic carbocycles. The molecule has 0 atom stereocenters. The van der Waals surface area contributed by atoms with E-state index in [2.05, 4.69) is 55.3 Å². The molecule has 1 heterocycles. The van der Waals surface area contributed by atoms with Crippen molar-refractivity contribution in [3.63, 3.8) is 0 Å². The standard InChI is InChI=1S/C22H28N4O2/c1-15-21(25(5)17-10-8-16(9-11-17)22(2,3)4)23-24-26(15)19-14-18(27-6)12-13-20(19)28-7/h8-14H,1-7H3. The average molecular weight is 380 g/mol. The Morgan fingerprint density at radius 2 is 1.64 bits per heavy atom. The Hall–Kier alpha value is -3.02. The second-order valence-corrected chi connectivity index (χ2v) is 7.80. The van der Waals surface area contributed by atoms with Crippen LogP contribution in [0.5, 0.6) is 11.5 Å². The van der Waals surface area contributed by atoms with E-state index in [4.69, 9.17) is 9.47 Å². The second kappa shape index (κ2) is 7.54. The number of aromatic nitrogens is 3. The molecule has 0 saturated carbocycles. The summed E-state index contributed by atoms with van der Waals surface area (Å²) in [5.41, 5.74) is 4.18. The highest BCUT2D eigenvalue weighted by molar-refractivity contribution is 5.62. The summed E-state index contributed by atoms with van der Waals surface area (Å²) in [4.78, 5) is 2.04. The molecule has 0 aliphatic rings. The zero-order valence-corrected chi connectivity index (χ0v) is 17.6. The molecule has 28 heavy (non-hydrogen) atoms. The normalized spacial score (nSPS) is 11.4. The Bertz CT molecular complexity index is 956. The van der Waals surface area contributed by atoms with E-state index >= 15 is 0 Å². The van der Waals surface area contributed by atoms with Gasteiger partial charge in [-0.25, -0.2) is 4.68 Å². The fourth-order valence-corrected chi connectivity index (χ4v) is 3.13. The summed E-state index contributed by atoms with van der Waals surface area (Å²) >= 11 is 0. The van der Waals surface area contributed by atoms with Gasteiger partial charge in [0.05, 0.1) is 19.9 Å². The number of nitrogens with zero attached hydrogens (tertiary/aromatic N) is 4. The van der Waals surface area contributed by atoms with Gasteiger partial charge in [0.25, 0.3) is 0 Å². The maximum Gasteiger partial charge on any atom is 0.178 e. The molecule has 0 spiro atoms. The fraction of sp³-hybridized carbons (Fsp3) is 0.364. The first-order chi connectivity index (χ1) is 13.3. The van der Waals surface area contributed by atoms with Crippen LogP contribution in [0.2, 0.25) is 0 Å². The molecule has 148 valence electrons. The zero-order valence-electron chi connectivity index (χ0n) is 17.6. The lowest BCUT2D eigenvalue weighted by atomic mass is 9.87. The van der Waals surface area contributed by atoms with E-state index in [1.807, 2.05) is 37.1 Å². The van der Waals surface area contributed by atoms with E-state index < -0.39 is 0 Å². The molecular formula is C22H28N4O2. The van der Waals surface area contributed by atoms with Gasteiger partial charge < -0.3 is 14.4 Å². The predicted octanol–water partition coefficient (Wildman–Crippen LogP) is 4.66. The van der Waals surface area contributed by atoms with Gasteiger partial charge in [0, 0.05) is 18.8 Å². The van der Waals surface area contributed by atoms with Crippen LogP contribution in [0.1, 0.15) is 32.0 Å². The van der Waals surface area contributed by atoms with Gasteiger partial charge in [-0.15, -0.1) is 5.10 Å². The van der Waals surface area contributed by atoms with Gasteiger partial charge >= 0.3 is 0 Å². The Kier molecular flexibility index (Phi) is 5.31. The Balaban J connectivity index is 1.97. The lowest BCUT2D eigenvalue weighted by Gasteiger charge is -2.22. The van der Waals surface area contributed by atoms with Gasteiger partial charge in [0.2, 0.25) is 0 Å². The minimum atomic E-state index is 0.124. The molecule has 0 radical (unpaired) electrons. The predicted molar refractivity (Wildman–Crippen MR) is 112 cm³/mol.